The number of aromatic nitrogens is 3. The first kappa shape index (κ1) is 16.0. The van der Waals surface area contributed by atoms with Gasteiger partial charge in [-0.15, -0.1) is 0 Å². The summed E-state index contributed by atoms with van der Waals surface area (Å²) in [4.78, 5) is 37.3. The lowest BCUT2D eigenvalue weighted by Crippen LogP contribution is -2.58. The Morgan fingerprint density at radius 2 is 2.12 bits per heavy atom. The second-order valence-corrected chi connectivity index (χ2v) is 6.99. The fraction of sp³-hybridized carbons (Fsp3) is 0.529. The van der Waals surface area contributed by atoms with Crippen LogP contribution in [0.3, 0.4) is 0 Å². The summed E-state index contributed by atoms with van der Waals surface area (Å²) in [7, 11) is 3.94. The average Bonchev–Trinajstić information content (AvgIpc) is 3.11. The number of imidazole rings is 1. The first-order valence-corrected chi connectivity index (χ1v) is 8.54. The fourth-order valence-corrected chi connectivity index (χ4v) is 3.68. The van der Waals surface area contributed by atoms with E-state index in [0.29, 0.717) is 19.5 Å². The molecule has 2 aliphatic heterocycles. The molecule has 0 radical (unpaired) electrons. The monoisotopic (exact) mass is 342 g/mol. The van der Waals surface area contributed by atoms with E-state index in [-0.39, 0.29) is 23.8 Å². The maximum Gasteiger partial charge on any atom is 0.225 e. The lowest BCUT2D eigenvalue weighted by Gasteiger charge is -2.42. The molecule has 2 saturated heterocycles. The van der Waals surface area contributed by atoms with Gasteiger partial charge in [-0.1, -0.05) is 0 Å². The molecule has 4 rings (SSSR count). The fourth-order valence-electron chi connectivity index (χ4n) is 3.68. The van der Waals surface area contributed by atoms with Crippen LogP contribution in [-0.2, 0) is 23.2 Å². The molecule has 8 nitrogen and oxygen atoms in total. The van der Waals surface area contributed by atoms with Gasteiger partial charge < -0.3 is 19.7 Å². The highest BCUT2D eigenvalue weighted by Crippen LogP contribution is 2.24. The van der Waals surface area contributed by atoms with Crippen molar-refractivity contribution in [1.82, 2.24) is 29.7 Å². The number of rotatable bonds is 4. The summed E-state index contributed by atoms with van der Waals surface area (Å²) >= 11 is 0. The molecule has 2 aromatic heterocycles. The Balaban J connectivity index is 1.37. The van der Waals surface area contributed by atoms with E-state index in [1.165, 1.54) is 0 Å². The number of pyridine rings is 1. The van der Waals surface area contributed by atoms with Crippen molar-refractivity contribution in [2.24, 2.45) is 13.0 Å². The molecule has 25 heavy (non-hydrogen) atoms. The third kappa shape index (κ3) is 2.86. The number of hydrogen-bond donors (Lipinski definition) is 1. The molecule has 2 amide bonds. The van der Waals surface area contributed by atoms with E-state index < -0.39 is 0 Å². The smallest absolute Gasteiger partial charge is 0.225 e. The first-order valence-electron chi connectivity index (χ1n) is 8.54. The Morgan fingerprint density at radius 3 is 2.84 bits per heavy atom. The van der Waals surface area contributed by atoms with Gasteiger partial charge in [-0.25, -0.2) is 4.98 Å². The largest absolute Gasteiger partial charge is 0.349 e. The molecule has 2 aromatic rings. The van der Waals surface area contributed by atoms with Crippen molar-refractivity contribution in [3.63, 3.8) is 0 Å². The van der Waals surface area contributed by atoms with Gasteiger partial charge in [0.15, 0.2) is 0 Å². The van der Waals surface area contributed by atoms with Gasteiger partial charge in [-0.3, -0.25) is 14.6 Å². The van der Waals surface area contributed by atoms with Crippen LogP contribution in [0.1, 0.15) is 12.2 Å². The quantitative estimate of drug-likeness (QED) is 0.828. The van der Waals surface area contributed by atoms with E-state index in [4.69, 9.17) is 0 Å². The number of fused-ring (bicyclic) bond motifs is 1. The second kappa shape index (κ2) is 6.11. The molecular formula is C17H22N6O2. The van der Waals surface area contributed by atoms with Crippen LogP contribution in [-0.4, -0.2) is 68.9 Å². The number of carbonyl (C=O) groups excluding carboxylic acids is 2. The van der Waals surface area contributed by atoms with Crippen molar-refractivity contribution < 1.29 is 9.59 Å². The van der Waals surface area contributed by atoms with Crippen LogP contribution in [0.5, 0.6) is 0 Å². The van der Waals surface area contributed by atoms with Gasteiger partial charge in [0.2, 0.25) is 11.8 Å². The molecule has 8 heteroatoms. The highest BCUT2D eigenvalue weighted by Gasteiger charge is 2.41. The van der Waals surface area contributed by atoms with E-state index in [1.54, 1.807) is 12.4 Å². The third-order valence-electron chi connectivity index (χ3n) is 5.21. The SMILES string of the molecule is CN1CC(N2CC(C(=O)NCc3nc4ccncc4n3C)CC2=O)C1. The summed E-state index contributed by atoms with van der Waals surface area (Å²) in [6.45, 7) is 2.67. The minimum atomic E-state index is -0.269. The molecule has 1 atom stereocenters. The van der Waals surface area contributed by atoms with E-state index in [2.05, 4.69) is 20.2 Å². The summed E-state index contributed by atoms with van der Waals surface area (Å²) in [5, 5.41) is 2.94. The van der Waals surface area contributed by atoms with E-state index in [9.17, 15) is 9.59 Å². The van der Waals surface area contributed by atoms with Crippen molar-refractivity contribution in [3.05, 3.63) is 24.3 Å². The van der Waals surface area contributed by atoms with Crippen LogP contribution in [0.2, 0.25) is 0 Å². The molecule has 4 heterocycles. The average molecular weight is 342 g/mol. The molecule has 2 fully saturated rings. The van der Waals surface area contributed by atoms with Crippen molar-refractivity contribution >= 4 is 22.8 Å². The van der Waals surface area contributed by atoms with Gasteiger partial charge in [-0.05, 0) is 13.1 Å². The van der Waals surface area contributed by atoms with Crippen LogP contribution in [0.4, 0.5) is 0 Å². The molecule has 132 valence electrons. The summed E-state index contributed by atoms with van der Waals surface area (Å²) in [5.41, 5.74) is 1.79. The van der Waals surface area contributed by atoms with E-state index >= 15 is 0 Å². The van der Waals surface area contributed by atoms with Crippen LogP contribution >= 0.6 is 0 Å². The summed E-state index contributed by atoms with van der Waals surface area (Å²) in [6, 6.07) is 2.12. The number of likely N-dealkylation sites (N-methyl/N-ethyl adjacent to an activating group) is 1. The third-order valence-corrected chi connectivity index (χ3v) is 5.21. The van der Waals surface area contributed by atoms with Gasteiger partial charge in [0.05, 0.1) is 35.7 Å². The Morgan fingerprint density at radius 1 is 1.32 bits per heavy atom. The zero-order valence-electron chi connectivity index (χ0n) is 14.5. The minimum absolute atomic E-state index is 0.0753. The predicted octanol–water partition coefficient (Wildman–Crippen LogP) is -0.253. The molecule has 0 aromatic carbocycles. The number of hydrogen-bond acceptors (Lipinski definition) is 5. The van der Waals surface area contributed by atoms with Crippen LogP contribution in [0.25, 0.3) is 11.0 Å². The lowest BCUT2D eigenvalue weighted by atomic mass is 10.1. The molecule has 1 N–H and O–H groups in total. The molecule has 0 aliphatic carbocycles. The number of likely N-dealkylation sites (tertiary alicyclic amines) is 2. The van der Waals surface area contributed by atoms with Crippen LogP contribution in [0, 0.1) is 5.92 Å². The van der Waals surface area contributed by atoms with Crippen LogP contribution in [0.15, 0.2) is 18.5 Å². The maximum atomic E-state index is 12.5. The predicted molar refractivity (Wildman–Crippen MR) is 91.5 cm³/mol. The normalized spacial score (nSPS) is 21.8. The summed E-state index contributed by atoms with van der Waals surface area (Å²) in [6.07, 6.45) is 3.77. The van der Waals surface area contributed by atoms with Crippen molar-refractivity contribution in [2.45, 2.75) is 19.0 Å². The first-order chi connectivity index (χ1) is 12.0. The van der Waals surface area contributed by atoms with Gasteiger partial charge in [0.1, 0.15) is 5.82 Å². The minimum Gasteiger partial charge on any atom is -0.349 e. The van der Waals surface area contributed by atoms with Gasteiger partial charge in [-0.2, -0.15) is 0 Å². The highest BCUT2D eigenvalue weighted by molar-refractivity contribution is 5.89. The Kier molecular flexibility index (Phi) is 3.91. The zero-order chi connectivity index (χ0) is 17.6. The van der Waals surface area contributed by atoms with Gasteiger partial charge >= 0.3 is 0 Å². The molecule has 0 spiro atoms. The van der Waals surface area contributed by atoms with Crippen molar-refractivity contribution in [1.29, 1.82) is 0 Å². The molecule has 0 bridgehead atoms. The Hall–Kier alpha value is -2.48. The zero-order valence-corrected chi connectivity index (χ0v) is 14.5. The summed E-state index contributed by atoms with van der Waals surface area (Å²) < 4.78 is 1.93. The summed E-state index contributed by atoms with van der Waals surface area (Å²) in [5.74, 6) is 0.522. The number of nitrogens with zero attached hydrogens (tertiary/aromatic N) is 5. The van der Waals surface area contributed by atoms with E-state index in [1.807, 2.05) is 29.6 Å². The molecular weight excluding hydrogens is 320 g/mol. The second-order valence-electron chi connectivity index (χ2n) is 6.99. The maximum absolute atomic E-state index is 12.5. The highest BCUT2D eigenvalue weighted by atomic mass is 16.2. The lowest BCUT2D eigenvalue weighted by molar-refractivity contribution is -0.132. The van der Waals surface area contributed by atoms with Crippen molar-refractivity contribution in [2.75, 3.05) is 26.7 Å². The number of amides is 2. The molecule has 2 aliphatic rings. The van der Waals surface area contributed by atoms with E-state index in [0.717, 1.165) is 29.9 Å². The number of carbonyl (C=O) groups is 2. The number of nitrogens with one attached hydrogen (secondary N) is 1. The number of aryl methyl sites for hydroxylation is 1. The van der Waals surface area contributed by atoms with Crippen LogP contribution < -0.4 is 5.32 Å². The molecule has 1 unspecified atom stereocenters. The Bertz CT molecular complexity index is 826. The Labute approximate surface area is 145 Å². The standard InChI is InChI=1S/C17H22N6O2/c1-21-9-12(10-21)23-8-11(5-16(23)24)17(25)19-7-15-20-13-3-4-18-6-14(13)22(15)2/h3-4,6,11-12H,5,7-10H2,1-2H3,(H,19,25). The topological polar surface area (TPSA) is 83.4 Å². The van der Waals surface area contributed by atoms with Gasteiger partial charge in [0, 0.05) is 39.3 Å². The van der Waals surface area contributed by atoms with Gasteiger partial charge in [0.25, 0.3) is 0 Å². The van der Waals surface area contributed by atoms with Crippen molar-refractivity contribution in [3.8, 4) is 0 Å². The molecule has 0 saturated carbocycles.